The van der Waals surface area contributed by atoms with Crippen molar-refractivity contribution in [1.29, 1.82) is 0 Å². The molecule has 0 saturated carbocycles. The van der Waals surface area contributed by atoms with E-state index in [2.05, 4.69) is 10.1 Å². The van der Waals surface area contributed by atoms with E-state index in [0.717, 1.165) is 31.5 Å². The number of halogens is 1. The molecule has 7 heteroatoms. The fourth-order valence-corrected chi connectivity index (χ4v) is 3.42. The summed E-state index contributed by atoms with van der Waals surface area (Å²) >= 11 is 0. The Labute approximate surface area is 142 Å². The molecule has 0 amide bonds. The molecule has 3 aromatic rings. The van der Waals surface area contributed by atoms with E-state index in [4.69, 9.17) is 14.0 Å². The zero-order valence-electron chi connectivity index (χ0n) is 13.4. The van der Waals surface area contributed by atoms with E-state index in [1.54, 1.807) is 12.1 Å². The van der Waals surface area contributed by atoms with Gasteiger partial charge in [-0.2, -0.15) is 0 Å². The predicted molar refractivity (Wildman–Crippen MR) is 86.9 cm³/mol. The summed E-state index contributed by atoms with van der Waals surface area (Å²) in [6, 6.07) is 6.40. The fourth-order valence-electron chi connectivity index (χ4n) is 3.42. The van der Waals surface area contributed by atoms with Gasteiger partial charge in [-0.15, -0.1) is 0 Å². The smallest absolute Gasteiger partial charge is 0.374 e. The van der Waals surface area contributed by atoms with Crippen LogP contribution < -0.4 is 0 Å². The van der Waals surface area contributed by atoms with Crippen LogP contribution in [0.2, 0.25) is 0 Å². The second-order valence-corrected chi connectivity index (χ2v) is 6.34. The molecule has 1 fully saturated rings. The number of piperidine rings is 1. The van der Waals surface area contributed by atoms with Crippen LogP contribution >= 0.6 is 0 Å². The van der Waals surface area contributed by atoms with Crippen LogP contribution in [0.15, 0.2) is 39.5 Å². The van der Waals surface area contributed by atoms with Gasteiger partial charge in [0.1, 0.15) is 11.4 Å². The molecule has 0 bridgehead atoms. The maximum absolute atomic E-state index is 13.7. The van der Waals surface area contributed by atoms with Crippen molar-refractivity contribution in [1.82, 2.24) is 10.1 Å². The minimum atomic E-state index is -1.10. The van der Waals surface area contributed by atoms with Crippen LogP contribution in [-0.2, 0) is 6.54 Å². The van der Waals surface area contributed by atoms with Gasteiger partial charge in [-0.05, 0) is 38.1 Å². The molecule has 130 valence electrons. The molecule has 1 aliphatic rings. The molecule has 1 saturated heterocycles. The third-order valence-electron chi connectivity index (χ3n) is 4.78. The van der Waals surface area contributed by atoms with Crippen molar-refractivity contribution in [3.63, 3.8) is 0 Å². The monoisotopic (exact) mass is 344 g/mol. The summed E-state index contributed by atoms with van der Waals surface area (Å²) in [7, 11) is 0. The number of likely N-dealkylation sites (tertiary alicyclic amines) is 1. The van der Waals surface area contributed by atoms with Gasteiger partial charge in [0.05, 0.1) is 17.3 Å². The van der Waals surface area contributed by atoms with E-state index >= 15 is 0 Å². The van der Waals surface area contributed by atoms with Crippen LogP contribution in [0.25, 0.3) is 11.0 Å². The van der Waals surface area contributed by atoms with Crippen molar-refractivity contribution in [3.05, 3.63) is 53.4 Å². The van der Waals surface area contributed by atoms with Gasteiger partial charge in [-0.3, -0.25) is 4.90 Å². The lowest BCUT2D eigenvalue weighted by molar-refractivity contribution is 0.0651. The molecule has 6 nitrogen and oxygen atoms in total. The second kappa shape index (κ2) is 6.33. The average molecular weight is 344 g/mol. The Morgan fingerprint density at radius 3 is 2.84 bits per heavy atom. The predicted octanol–water partition coefficient (Wildman–Crippen LogP) is 3.64. The van der Waals surface area contributed by atoms with Gasteiger partial charge in [-0.25, -0.2) is 9.18 Å². The molecule has 0 radical (unpaired) electrons. The highest BCUT2D eigenvalue weighted by molar-refractivity contribution is 5.84. The number of carboxylic acids is 1. The van der Waals surface area contributed by atoms with Crippen molar-refractivity contribution in [2.45, 2.75) is 25.3 Å². The number of hydrogen-bond acceptors (Lipinski definition) is 5. The first-order chi connectivity index (χ1) is 12.1. The molecule has 0 spiro atoms. The minimum Gasteiger partial charge on any atom is -0.475 e. The van der Waals surface area contributed by atoms with Gasteiger partial charge in [-0.1, -0.05) is 11.2 Å². The van der Waals surface area contributed by atoms with Crippen molar-refractivity contribution < 1.29 is 23.2 Å². The number of nitrogens with zero attached hydrogens (tertiary/aromatic N) is 2. The zero-order chi connectivity index (χ0) is 17.4. The summed E-state index contributed by atoms with van der Waals surface area (Å²) in [5.74, 6) is -1.30. The number of carboxylic acid groups (broad SMARTS) is 1. The molecule has 4 rings (SSSR count). The standard InChI is InChI=1S/C18H17FN2O4/c19-14-2-1-12(17-13(14)5-8-24-17)10-21-6-3-11(4-7-21)15-9-16(18(22)23)25-20-15/h1-2,5,8-9,11H,3-4,6-7,10H2,(H,22,23). The molecular weight excluding hydrogens is 327 g/mol. The van der Waals surface area contributed by atoms with Gasteiger partial charge in [0.15, 0.2) is 0 Å². The highest BCUT2D eigenvalue weighted by atomic mass is 19.1. The minimum absolute atomic E-state index is 0.121. The lowest BCUT2D eigenvalue weighted by atomic mass is 9.93. The SMILES string of the molecule is O=C(O)c1cc(C2CCN(Cc3ccc(F)c4ccoc34)CC2)no1. The zero-order valence-corrected chi connectivity index (χ0v) is 13.4. The number of carbonyl (C=O) groups is 1. The number of benzene rings is 1. The van der Waals surface area contributed by atoms with Crippen molar-refractivity contribution in [2.24, 2.45) is 0 Å². The van der Waals surface area contributed by atoms with E-state index in [-0.39, 0.29) is 17.5 Å². The molecule has 1 aromatic carbocycles. The summed E-state index contributed by atoms with van der Waals surface area (Å²) in [4.78, 5) is 13.2. The van der Waals surface area contributed by atoms with Gasteiger partial charge in [0.2, 0.25) is 5.76 Å². The topological polar surface area (TPSA) is 79.7 Å². The maximum atomic E-state index is 13.7. The van der Waals surface area contributed by atoms with Crippen molar-refractivity contribution in [3.8, 4) is 0 Å². The summed E-state index contributed by atoms with van der Waals surface area (Å²) < 4.78 is 24.0. The molecule has 1 aliphatic heterocycles. The van der Waals surface area contributed by atoms with Crippen LogP contribution in [0.5, 0.6) is 0 Å². The highest BCUT2D eigenvalue weighted by Crippen LogP contribution is 2.30. The molecule has 0 aliphatic carbocycles. The van der Waals surface area contributed by atoms with Crippen LogP contribution in [-0.4, -0.2) is 34.2 Å². The van der Waals surface area contributed by atoms with Gasteiger partial charge < -0.3 is 14.0 Å². The third-order valence-corrected chi connectivity index (χ3v) is 4.78. The lowest BCUT2D eigenvalue weighted by Crippen LogP contribution is -2.32. The summed E-state index contributed by atoms with van der Waals surface area (Å²) in [6.07, 6.45) is 3.25. The van der Waals surface area contributed by atoms with E-state index in [9.17, 15) is 9.18 Å². The molecule has 3 heterocycles. The molecule has 2 aromatic heterocycles. The first kappa shape index (κ1) is 15.8. The summed E-state index contributed by atoms with van der Waals surface area (Å²) in [5, 5.41) is 13.3. The van der Waals surface area contributed by atoms with Gasteiger partial charge in [0.25, 0.3) is 0 Å². The van der Waals surface area contributed by atoms with Crippen molar-refractivity contribution in [2.75, 3.05) is 13.1 Å². The quantitative estimate of drug-likeness (QED) is 0.778. The van der Waals surface area contributed by atoms with E-state index in [1.165, 1.54) is 18.4 Å². The Kier molecular flexibility index (Phi) is 4.01. The lowest BCUT2D eigenvalue weighted by Gasteiger charge is -2.31. The largest absolute Gasteiger partial charge is 0.475 e. The Bertz CT molecular complexity index is 909. The number of rotatable bonds is 4. The fraction of sp³-hybridized carbons (Fsp3) is 0.333. The number of fused-ring (bicyclic) bond motifs is 1. The van der Waals surface area contributed by atoms with Crippen LogP contribution in [0.4, 0.5) is 4.39 Å². The Hall–Kier alpha value is -2.67. The number of hydrogen-bond donors (Lipinski definition) is 1. The molecule has 0 unspecified atom stereocenters. The Morgan fingerprint density at radius 1 is 1.32 bits per heavy atom. The molecular formula is C18H17FN2O4. The Morgan fingerprint density at radius 2 is 2.12 bits per heavy atom. The molecule has 0 atom stereocenters. The highest BCUT2D eigenvalue weighted by Gasteiger charge is 2.25. The third kappa shape index (κ3) is 3.02. The van der Waals surface area contributed by atoms with Crippen LogP contribution in [0.3, 0.4) is 0 Å². The summed E-state index contributed by atoms with van der Waals surface area (Å²) in [5.41, 5.74) is 2.27. The normalized spacial score (nSPS) is 16.5. The average Bonchev–Trinajstić information content (AvgIpc) is 3.28. The first-order valence-corrected chi connectivity index (χ1v) is 8.18. The maximum Gasteiger partial charge on any atom is 0.374 e. The van der Waals surface area contributed by atoms with Gasteiger partial charge in [0, 0.05) is 24.1 Å². The number of aromatic carboxylic acids is 1. The second-order valence-electron chi connectivity index (χ2n) is 6.34. The summed E-state index contributed by atoms with van der Waals surface area (Å²) in [6.45, 7) is 2.38. The Balaban J connectivity index is 1.42. The van der Waals surface area contributed by atoms with Crippen LogP contribution in [0, 0.1) is 5.82 Å². The number of furan rings is 1. The van der Waals surface area contributed by atoms with E-state index < -0.39 is 5.97 Å². The van der Waals surface area contributed by atoms with E-state index in [0.29, 0.717) is 23.2 Å². The molecule has 1 N–H and O–H groups in total. The van der Waals surface area contributed by atoms with Crippen molar-refractivity contribution >= 4 is 16.9 Å². The first-order valence-electron chi connectivity index (χ1n) is 8.18. The van der Waals surface area contributed by atoms with E-state index in [1.807, 2.05) is 0 Å². The number of aromatic nitrogens is 1. The van der Waals surface area contributed by atoms with Gasteiger partial charge >= 0.3 is 5.97 Å². The van der Waals surface area contributed by atoms with Crippen LogP contribution in [0.1, 0.15) is 40.6 Å². The molecule has 25 heavy (non-hydrogen) atoms.